The Kier molecular flexibility index (Phi) is 1.58. The maximum absolute atomic E-state index is 10.7. The highest BCUT2D eigenvalue weighted by Crippen LogP contribution is 2.01. The number of urea groups is 1. The summed E-state index contributed by atoms with van der Waals surface area (Å²) in [4.78, 5) is 22.6. The van der Waals surface area contributed by atoms with Gasteiger partial charge in [0.25, 0.3) is 0 Å². The van der Waals surface area contributed by atoms with Gasteiger partial charge in [-0.05, 0) is 0 Å². The lowest BCUT2D eigenvalue weighted by Crippen LogP contribution is -2.56. The van der Waals surface area contributed by atoms with Gasteiger partial charge >= 0.3 is 6.03 Å². The van der Waals surface area contributed by atoms with E-state index >= 15 is 0 Å². The molecule has 1 aliphatic rings. The van der Waals surface area contributed by atoms with Crippen molar-refractivity contribution in [2.45, 2.75) is 12.6 Å². The van der Waals surface area contributed by atoms with Gasteiger partial charge in [0.2, 0.25) is 5.91 Å². The standard InChI is InChI=1S/C5H9N3O2/c1-8-3(6)2-4(9)7-5(8)10/h3H,2,6H2,1H3,(H,7,9,10). The van der Waals surface area contributed by atoms with Crippen molar-refractivity contribution < 1.29 is 9.59 Å². The number of hydrogen-bond donors (Lipinski definition) is 2. The van der Waals surface area contributed by atoms with Crippen LogP contribution in [0.3, 0.4) is 0 Å². The first-order valence-corrected chi connectivity index (χ1v) is 2.93. The minimum Gasteiger partial charge on any atom is -0.312 e. The maximum atomic E-state index is 10.7. The lowest BCUT2D eigenvalue weighted by Gasteiger charge is -2.28. The molecule has 0 aliphatic carbocycles. The third-order valence-corrected chi connectivity index (χ3v) is 1.46. The molecule has 0 radical (unpaired) electrons. The van der Waals surface area contributed by atoms with Crippen LogP contribution in [-0.2, 0) is 4.79 Å². The van der Waals surface area contributed by atoms with Crippen LogP contribution >= 0.6 is 0 Å². The fourth-order valence-corrected chi connectivity index (χ4v) is 0.736. The van der Waals surface area contributed by atoms with Crippen molar-refractivity contribution in [2.24, 2.45) is 5.73 Å². The zero-order valence-corrected chi connectivity index (χ0v) is 5.63. The Hall–Kier alpha value is -1.10. The molecule has 1 rings (SSSR count). The van der Waals surface area contributed by atoms with Crippen molar-refractivity contribution in [3.05, 3.63) is 0 Å². The van der Waals surface area contributed by atoms with Gasteiger partial charge in [-0.1, -0.05) is 0 Å². The van der Waals surface area contributed by atoms with E-state index in [1.54, 1.807) is 7.05 Å². The highest BCUT2D eigenvalue weighted by atomic mass is 16.2. The highest BCUT2D eigenvalue weighted by Gasteiger charge is 2.26. The van der Waals surface area contributed by atoms with Crippen LogP contribution in [0.2, 0.25) is 0 Å². The number of carbonyl (C=O) groups excluding carboxylic acids is 2. The summed E-state index contributed by atoms with van der Waals surface area (Å²) < 4.78 is 0. The van der Waals surface area contributed by atoms with E-state index in [0.29, 0.717) is 0 Å². The molecule has 10 heavy (non-hydrogen) atoms. The molecule has 1 atom stereocenters. The molecule has 5 nitrogen and oxygen atoms in total. The van der Waals surface area contributed by atoms with E-state index in [4.69, 9.17) is 5.73 Å². The number of nitrogens with zero attached hydrogens (tertiary/aromatic N) is 1. The Morgan fingerprint density at radius 3 is 2.80 bits per heavy atom. The summed E-state index contributed by atoms with van der Waals surface area (Å²) in [6.45, 7) is 0. The Labute approximate surface area is 58.2 Å². The Morgan fingerprint density at radius 2 is 2.30 bits per heavy atom. The minimum absolute atomic E-state index is 0.183. The van der Waals surface area contributed by atoms with E-state index in [0.717, 1.165) is 0 Å². The summed E-state index contributed by atoms with van der Waals surface area (Å²) in [5, 5.41) is 2.13. The Balaban J connectivity index is 2.66. The van der Waals surface area contributed by atoms with Crippen LogP contribution in [0, 0.1) is 0 Å². The predicted octanol–water partition coefficient (Wildman–Crippen LogP) is -1.16. The molecule has 1 fully saturated rings. The van der Waals surface area contributed by atoms with Gasteiger partial charge in [0.15, 0.2) is 0 Å². The molecule has 1 aliphatic heterocycles. The largest absolute Gasteiger partial charge is 0.325 e. The number of carbonyl (C=O) groups is 2. The molecular formula is C5H9N3O2. The maximum Gasteiger partial charge on any atom is 0.325 e. The molecule has 3 amide bonds. The lowest BCUT2D eigenvalue weighted by atomic mass is 10.2. The average molecular weight is 143 g/mol. The van der Waals surface area contributed by atoms with E-state index in [-0.39, 0.29) is 12.3 Å². The summed E-state index contributed by atoms with van der Waals surface area (Å²) in [6, 6.07) is -0.427. The van der Waals surface area contributed by atoms with Crippen molar-refractivity contribution in [2.75, 3.05) is 7.05 Å². The van der Waals surface area contributed by atoms with E-state index < -0.39 is 12.2 Å². The van der Waals surface area contributed by atoms with Crippen molar-refractivity contribution in [3.8, 4) is 0 Å². The van der Waals surface area contributed by atoms with Crippen LogP contribution < -0.4 is 11.1 Å². The fourth-order valence-electron chi connectivity index (χ4n) is 0.736. The number of rotatable bonds is 0. The quantitative estimate of drug-likeness (QED) is 0.449. The van der Waals surface area contributed by atoms with Gasteiger partial charge in [-0.15, -0.1) is 0 Å². The second-order valence-corrected chi connectivity index (χ2v) is 2.24. The van der Waals surface area contributed by atoms with Gasteiger partial charge in [0, 0.05) is 7.05 Å². The fraction of sp³-hybridized carbons (Fsp3) is 0.600. The van der Waals surface area contributed by atoms with Crippen molar-refractivity contribution in [1.29, 1.82) is 0 Å². The van der Waals surface area contributed by atoms with Gasteiger partial charge in [-0.2, -0.15) is 0 Å². The second-order valence-electron chi connectivity index (χ2n) is 2.24. The monoisotopic (exact) mass is 143 g/mol. The normalized spacial score (nSPS) is 26.6. The first kappa shape index (κ1) is 7.01. The molecule has 56 valence electrons. The summed E-state index contributed by atoms with van der Waals surface area (Å²) in [6.07, 6.45) is -0.288. The number of hydrogen-bond acceptors (Lipinski definition) is 3. The first-order chi connectivity index (χ1) is 4.61. The average Bonchev–Trinajstić information content (AvgIpc) is 1.82. The molecule has 0 aromatic carbocycles. The number of nitrogens with two attached hydrogens (primary N) is 1. The molecule has 5 heteroatoms. The van der Waals surface area contributed by atoms with Gasteiger partial charge in [0.1, 0.15) is 0 Å². The van der Waals surface area contributed by atoms with Crippen LogP contribution in [0.1, 0.15) is 6.42 Å². The molecule has 0 aromatic rings. The Bertz CT molecular complexity index is 180. The Morgan fingerprint density at radius 1 is 1.70 bits per heavy atom. The molecule has 1 saturated heterocycles. The molecule has 0 saturated carbocycles. The molecule has 1 heterocycles. The van der Waals surface area contributed by atoms with E-state index in [1.165, 1.54) is 4.90 Å². The van der Waals surface area contributed by atoms with Gasteiger partial charge in [-0.3, -0.25) is 10.1 Å². The van der Waals surface area contributed by atoms with Crippen molar-refractivity contribution >= 4 is 11.9 Å². The highest BCUT2D eigenvalue weighted by molar-refractivity contribution is 5.96. The molecule has 0 spiro atoms. The molecule has 0 aromatic heterocycles. The van der Waals surface area contributed by atoms with Crippen LogP contribution in [0.4, 0.5) is 4.79 Å². The first-order valence-electron chi connectivity index (χ1n) is 2.93. The van der Waals surface area contributed by atoms with Gasteiger partial charge in [0.05, 0.1) is 12.6 Å². The summed E-state index contributed by atoms with van der Waals surface area (Å²) in [7, 11) is 1.55. The van der Waals surface area contributed by atoms with Crippen LogP contribution in [0.25, 0.3) is 0 Å². The third-order valence-electron chi connectivity index (χ3n) is 1.46. The van der Waals surface area contributed by atoms with Gasteiger partial charge in [-0.25, -0.2) is 4.79 Å². The smallest absolute Gasteiger partial charge is 0.312 e. The SMILES string of the molecule is CN1C(=O)NC(=O)CC1N. The van der Waals surface area contributed by atoms with Crippen LogP contribution in [0.15, 0.2) is 0 Å². The van der Waals surface area contributed by atoms with E-state index in [1.807, 2.05) is 0 Å². The predicted molar refractivity (Wildman–Crippen MR) is 33.9 cm³/mol. The minimum atomic E-state index is -0.471. The zero-order chi connectivity index (χ0) is 7.72. The topological polar surface area (TPSA) is 75.4 Å². The summed E-state index contributed by atoms with van der Waals surface area (Å²) in [5.74, 6) is -0.310. The zero-order valence-electron chi connectivity index (χ0n) is 5.63. The van der Waals surface area contributed by atoms with Crippen molar-refractivity contribution in [1.82, 2.24) is 10.2 Å². The van der Waals surface area contributed by atoms with Gasteiger partial charge < -0.3 is 10.6 Å². The third kappa shape index (κ3) is 1.08. The van der Waals surface area contributed by atoms with E-state index in [9.17, 15) is 9.59 Å². The molecule has 0 bridgehead atoms. The molecular weight excluding hydrogens is 134 g/mol. The number of imide groups is 1. The van der Waals surface area contributed by atoms with Crippen LogP contribution in [0.5, 0.6) is 0 Å². The summed E-state index contributed by atoms with van der Waals surface area (Å²) >= 11 is 0. The van der Waals surface area contributed by atoms with Crippen LogP contribution in [-0.4, -0.2) is 30.1 Å². The number of nitrogens with one attached hydrogen (secondary N) is 1. The molecule has 1 unspecified atom stereocenters. The molecule has 3 N–H and O–H groups in total. The number of amides is 3. The van der Waals surface area contributed by atoms with Crippen molar-refractivity contribution in [3.63, 3.8) is 0 Å². The second kappa shape index (κ2) is 2.26. The van der Waals surface area contributed by atoms with E-state index in [2.05, 4.69) is 5.32 Å². The summed E-state index contributed by atoms with van der Waals surface area (Å²) in [5.41, 5.74) is 5.40. The lowest BCUT2D eigenvalue weighted by molar-refractivity contribution is -0.122.